The van der Waals surface area contributed by atoms with Gasteiger partial charge >= 0.3 is 5.97 Å². The van der Waals surface area contributed by atoms with Gasteiger partial charge in [-0.25, -0.2) is 0 Å². The maximum absolute atomic E-state index is 12.6. The highest BCUT2D eigenvalue weighted by molar-refractivity contribution is 8.26. The molecule has 9 heteroatoms. The Bertz CT molecular complexity index is 725. The van der Waals surface area contributed by atoms with Crippen LogP contribution in [0.4, 0.5) is 0 Å². The number of amides is 1. The number of hydrogen-bond acceptors (Lipinski definition) is 7. The molecule has 0 unspecified atom stereocenters. The molecule has 1 aliphatic heterocycles. The van der Waals surface area contributed by atoms with Crippen molar-refractivity contribution < 1.29 is 19.1 Å². The van der Waals surface area contributed by atoms with Gasteiger partial charge in [0.2, 0.25) is 0 Å². The fourth-order valence-electron chi connectivity index (χ4n) is 2.24. The van der Waals surface area contributed by atoms with Crippen LogP contribution in [-0.4, -0.2) is 66.9 Å². The quantitative estimate of drug-likeness (QED) is 0.357. The number of benzene rings is 1. The zero-order valence-electron chi connectivity index (χ0n) is 15.5. The number of halogens is 1. The van der Waals surface area contributed by atoms with Crippen molar-refractivity contribution in [1.82, 2.24) is 9.80 Å². The van der Waals surface area contributed by atoms with Crippen molar-refractivity contribution in [1.29, 1.82) is 0 Å². The molecule has 0 radical (unpaired) electrons. The lowest BCUT2D eigenvalue weighted by atomic mass is 10.2. The Morgan fingerprint density at radius 2 is 2.04 bits per heavy atom. The Balaban J connectivity index is 0.00000364. The predicted molar refractivity (Wildman–Crippen MR) is 114 cm³/mol. The minimum Gasteiger partial charge on any atom is -0.496 e. The van der Waals surface area contributed by atoms with Crippen molar-refractivity contribution in [2.45, 2.75) is 6.42 Å². The fourth-order valence-corrected chi connectivity index (χ4v) is 3.54. The van der Waals surface area contributed by atoms with Crippen LogP contribution in [-0.2, 0) is 14.3 Å². The van der Waals surface area contributed by atoms with Gasteiger partial charge in [0, 0.05) is 18.7 Å². The van der Waals surface area contributed by atoms with Crippen molar-refractivity contribution in [2.24, 2.45) is 0 Å². The normalized spacial score (nSPS) is 15.3. The van der Waals surface area contributed by atoms with Gasteiger partial charge in [-0.05, 0) is 26.2 Å². The Morgan fingerprint density at radius 1 is 1.33 bits per heavy atom. The standard InChI is InChI=1S/C18H22N2O4S2.ClH/c1-19(2)10-11-24-16(21)8-9-20-17(22)15(26-18(20)25)12-13-6-4-5-7-14(13)23-3;/h4-7,12H,8-11H2,1-3H3;1H/b15-12-;. The van der Waals surface area contributed by atoms with Crippen LogP contribution >= 0.6 is 36.4 Å². The topological polar surface area (TPSA) is 59.1 Å². The molecule has 1 aromatic carbocycles. The smallest absolute Gasteiger partial charge is 0.307 e. The Labute approximate surface area is 175 Å². The lowest BCUT2D eigenvalue weighted by molar-refractivity contribution is -0.144. The number of thiocarbonyl (C=S) groups is 1. The average molecular weight is 431 g/mol. The van der Waals surface area contributed by atoms with Gasteiger partial charge in [0.1, 0.15) is 16.7 Å². The monoisotopic (exact) mass is 430 g/mol. The molecule has 0 atom stereocenters. The van der Waals surface area contributed by atoms with E-state index in [1.807, 2.05) is 43.3 Å². The summed E-state index contributed by atoms with van der Waals surface area (Å²) in [5.74, 6) is 0.142. The number of methoxy groups -OCH3 is 1. The number of carbonyl (C=O) groups is 2. The molecule has 6 nitrogen and oxygen atoms in total. The summed E-state index contributed by atoms with van der Waals surface area (Å²) in [7, 11) is 5.39. The lowest BCUT2D eigenvalue weighted by Crippen LogP contribution is -2.31. The molecule has 27 heavy (non-hydrogen) atoms. The summed E-state index contributed by atoms with van der Waals surface area (Å²) in [4.78, 5) is 28.3. The Kier molecular flexibility index (Phi) is 9.79. The van der Waals surface area contributed by atoms with Crippen LogP contribution in [0.3, 0.4) is 0 Å². The second-order valence-electron chi connectivity index (χ2n) is 5.85. The highest BCUT2D eigenvalue weighted by atomic mass is 35.5. The second-order valence-corrected chi connectivity index (χ2v) is 7.52. The maximum Gasteiger partial charge on any atom is 0.307 e. The molecular weight excluding hydrogens is 408 g/mol. The lowest BCUT2D eigenvalue weighted by Gasteiger charge is -2.14. The first-order valence-electron chi connectivity index (χ1n) is 8.11. The van der Waals surface area contributed by atoms with Gasteiger partial charge in [-0.2, -0.15) is 0 Å². The molecule has 0 aromatic heterocycles. The predicted octanol–water partition coefficient (Wildman–Crippen LogP) is 2.81. The van der Waals surface area contributed by atoms with Crippen molar-refractivity contribution >= 4 is 58.7 Å². The van der Waals surface area contributed by atoms with Crippen LogP contribution < -0.4 is 4.74 Å². The third-order valence-corrected chi connectivity index (χ3v) is 5.02. The molecule has 0 saturated carbocycles. The van der Waals surface area contributed by atoms with Crippen LogP contribution in [0, 0.1) is 0 Å². The molecule has 1 amide bonds. The van der Waals surface area contributed by atoms with Gasteiger partial charge < -0.3 is 14.4 Å². The van der Waals surface area contributed by atoms with Crippen LogP contribution in [0.5, 0.6) is 5.75 Å². The van der Waals surface area contributed by atoms with E-state index in [4.69, 9.17) is 21.7 Å². The summed E-state index contributed by atoms with van der Waals surface area (Å²) in [6.45, 7) is 1.21. The van der Waals surface area contributed by atoms with Gasteiger partial charge in [0.05, 0.1) is 18.4 Å². The van der Waals surface area contributed by atoms with Gasteiger partial charge in [-0.1, -0.05) is 42.2 Å². The first kappa shape index (κ1) is 23.4. The van der Waals surface area contributed by atoms with E-state index in [0.717, 1.165) is 5.56 Å². The van der Waals surface area contributed by atoms with E-state index in [1.54, 1.807) is 13.2 Å². The molecule has 148 valence electrons. The number of thioether (sulfide) groups is 1. The van der Waals surface area contributed by atoms with E-state index in [0.29, 0.717) is 28.1 Å². The SMILES string of the molecule is COc1ccccc1/C=C1\SC(=S)N(CCC(=O)OCCN(C)C)C1=O.Cl. The minimum absolute atomic E-state index is 0. The number of carbonyl (C=O) groups excluding carboxylic acids is 2. The molecule has 1 aromatic rings. The van der Waals surface area contributed by atoms with E-state index >= 15 is 0 Å². The maximum atomic E-state index is 12.6. The summed E-state index contributed by atoms with van der Waals surface area (Å²) in [5.41, 5.74) is 0.804. The summed E-state index contributed by atoms with van der Waals surface area (Å²) in [6, 6.07) is 7.44. The number of rotatable bonds is 8. The third kappa shape index (κ3) is 6.80. The van der Waals surface area contributed by atoms with Crippen LogP contribution in [0.2, 0.25) is 0 Å². The van der Waals surface area contributed by atoms with E-state index < -0.39 is 0 Å². The van der Waals surface area contributed by atoms with Crippen molar-refractivity contribution in [3.8, 4) is 5.75 Å². The summed E-state index contributed by atoms with van der Waals surface area (Å²) in [5, 5.41) is 0. The van der Waals surface area contributed by atoms with E-state index in [-0.39, 0.29) is 37.2 Å². The number of hydrogen-bond donors (Lipinski definition) is 0. The number of esters is 1. The average Bonchev–Trinajstić information content (AvgIpc) is 2.86. The number of para-hydroxylation sites is 1. The van der Waals surface area contributed by atoms with Gasteiger partial charge in [-0.3, -0.25) is 14.5 Å². The van der Waals surface area contributed by atoms with Crippen molar-refractivity contribution in [3.63, 3.8) is 0 Å². The summed E-state index contributed by atoms with van der Waals surface area (Å²) < 4.78 is 10.9. The Morgan fingerprint density at radius 3 is 2.70 bits per heavy atom. The molecule has 1 saturated heterocycles. The summed E-state index contributed by atoms with van der Waals surface area (Å²) >= 11 is 6.51. The first-order chi connectivity index (χ1) is 12.4. The van der Waals surface area contributed by atoms with Crippen molar-refractivity contribution in [2.75, 3.05) is 40.9 Å². The highest BCUT2D eigenvalue weighted by Crippen LogP contribution is 2.34. The molecule has 1 aliphatic rings. The number of nitrogens with zero attached hydrogens (tertiary/aromatic N) is 2. The van der Waals surface area contributed by atoms with E-state index in [1.165, 1.54) is 16.7 Å². The zero-order valence-corrected chi connectivity index (χ0v) is 17.9. The molecule has 1 fully saturated rings. The molecule has 2 rings (SSSR count). The Hall–Kier alpha value is -1.61. The fraction of sp³-hybridized carbons (Fsp3) is 0.389. The largest absolute Gasteiger partial charge is 0.496 e. The zero-order chi connectivity index (χ0) is 19.1. The minimum atomic E-state index is -0.338. The second kappa shape index (κ2) is 11.3. The van der Waals surface area contributed by atoms with Crippen LogP contribution in [0.15, 0.2) is 29.2 Å². The number of ether oxygens (including phenoxy) is 2. The van der Waals surface area contributed by atoms with Crippen LogP contribution in [0.1, 0.15) is 12.0 Å². The van der Waals surface area contributed by atoms with E-state index in [9.17, 15) is 9.59 Å². The van der Waals surface area contributed by atoms with Crippen molar-refractivity contribution in [3.05, 3.63) is 34.7 Å². The third-order valence-electron chi connectivity index (χ3n) is 3.64. The molecule has 1 heterocycles. The van der Waals surface area contributed by atoms with E-state index in [2.05, 4.69) is 0 Å². The molecule has 0 bridgehead atoms. The van der Waals surface area contributed by atoms with Gasteiger partial charge in [0.25, 0.3) is 5.91 Å². The number of likely N-dealkylation sites (N-methyl/N-ethyl adjacent to an activating group) is 1. The summed E-state index contributed by atoms with van der Waals surface area (Å²) in [6.07, 6.45) is 1.87. The first-order valence-corrected chi connectivity index (χ1v) is 9.33. The highest BCUT2D eigenvalue weighted by Gasteiger charge is 2.32. The van der Waals surface area contributed by atoms with Gasteiger partial charge in [0.15, 0.2) is 0 Å². The molecule has 0 spiro atoms. The van der Waals surface area contributed by atoms with Crippen LogP contribution in [0.25, 0.3) is 6.08 Å². The molecule has 0 aliphatic carbocycles. The van der Waals surface area contributed by atoms with Gasteiger partial charge in [-0.15, -0.1) is 12.4 Å². The molecular formula is C18H23ClN2O4S2. The molecule has 0 N–H and O–H groups in total.